The van der Waals surface area contributed by atoms with Crippen LogP contribution in [-0.4, -0.2) is 49.4 Å². The molecule has 8 heteroatoms. The van der Waals surface area contributed by atoms with Crippen molar-refractivity contribution in [3.8, 4) is 0 Å². The number of nitrogens with one attached hydrogen (secondary N) is 1. The number of likely N-dealkylation sites (tertiary alicyclic amines) is 1. The first kappa shape index (κ1) is 21.6. The van der Waals surface area contributed by atoms with Gasteiger partial charge < -0.3 is 10.2 Å². The van der Waals surface area contributed by atoms with Crippen LogP contribution in [0.3, 0.4) is 0 Å². The van der Waals surface area contributed by atoms with Gasteiger partial charge in [0.2, 0.25) is 11.8 Å². The van der Waals surface area contributed by atoms with Crippen LogP contribution < -0.4 is 5.32 Å². The van der Waals surface area contributed by atoms with Crippen LogP contribution in [0.2, 0.25) is 0 Å². The maximum Gasteiger partial charge on any atom is 0.225 e. The van der Waals surface area contributed by atoms with Gasteiger partial charge in [-0.2, -0.15) is 5.10 Å². The number of hydrogen-bond donors (Lipinski definition) is 1. The van der Waals surface area contributed by atoms with Crippen molar-refractivity contribution in [2.75, 3.05) is 13.1 Å². The molecule has 3 aromatic heterocycles. The Labute approximate surface area is 193 Å². The zero-order valence-corrected chi connectivity index (χ0v) is 19.3. The second kappa shape index (κ2) is 8.92. The predicted octanol–water partition coefficient (Wildman–Crippen LogP) is 2.72. The zero-order valence-electron chi connectivity index (χ0n) is 19.3. The summed E-state index contributed by atoms with van der Waals surface area (Å²) in [5, 5.41) is 7.83. The third-order valence-corrected chi connectivity index (χ3v) is 6.87. The van der Waals surface area contributed by atoms with Crippen LogP contribution in [0.5, 0.6) is 0 Å². The zero-order chi connectivity index (χ0) is 22.9. The molecule has 4 heterocycles. The largest absolute Gasteiger partial charge is 0.352 e. The molecule has 3 aromatic rings. The lowest BCUT2D eigenvalue weighted by Crippen LogP contribution is -2.29. The molecule has 8 nitrogen and oxygen atoms in total. The van der Waals surface area contributed by atoms with Crippen LogP contribution >= 0.6 is 0 Å². The van der Waals surface area contributed by atoms with Gasteiger partial charge in [0.25, 0.3) is 0 Å². The first-order valence-electron chi connectivity index (χ1n) is 11.8. The molecule has 33 heavy (non-hydrogen) atoms. The van der Waals surface area contributed by atoms with Gasteiger partial charge in [-0.25, -0.2) is 9.50 Å². The molecule has 172 valence electrons. The summed E-state index contributed by atoms with van der Waals surface area (Å²) >= 11 is 0. The standard InChI is InChI=1S/C25H30N6O2/c1-16-21(5-6-24(32)27-14-18-7-10-26-11-8-18)17(2)31-23(28-16)13-22(29-31)20-9-12-30(15-20)25(33)19-3-4-19/h7-8,10-11,13,19-20H,3-6,9,12,14-15H2,1-2H3,(H,27,32)/t20-/m0/s1. The minimum Gasteiger partial charge on any atom is -0.352 e. The number of amides is 2. The number of carbonyl (C=O) groups excluding carboxylic acids is 2. The number of hydrogen-bond acceptors (Lipinski definition) is 5. The maximum atomic E-state index is 12.4. The second-order valence-corrected chi connectivity index (χ2v) is 9.28. The van der Waals surface area contributed by atoms with Crippen LogP contribution in [0.1, 0.15) is 59.8 Å². The highest BCUT2D eigenvalue weighted by Crippen LogP contribution is 2.35. The molecule has 0 bridgehead atoms. The Hall–Kier alpha value is -3.29. The molecule has 1 atom stereocenters. The summed E-state index contributed by atoms with van der Waals surface area (Å²) in [4.78, 5) is 35.6. The van der Waals surface area contributed by atoms with Gasteiger partial charge in [0.15, 0.2) is 5.65 Å². The number of pyridine rings is 1. The highest BCUT2D eigenvalue weighted by atomic mass is 16.2. The predicted molar refractivity (Wildman–Crippen MR) is 124 cm³/mol. The molecule has 1 aliphatic carbocycles. The smallest absolute Gasteiger partial charge is 0.225 e. The van der Waals surface area contributed by atoms with E-state index in [1.54, 1.807) is 12.4 Å². The number of rotatable bonds is 7. The molecule has 5 rings (SSSR count). The summed E-state index contributed by atoms with van der Waals surface area (Å²) in [5.41, 5.74) is 5.89. The molecular weight excluding hydrogens is 416 g/mol. The molecule has 0 aromatic carbocycles. The summed E-state index contributed by atoms with van der Waals surface area (Å²) < 4.78 is 1.90. The first-order valence-corrected chi connectivity index (χ1v) is 11.8. The highest BCUT2D eigenvalue weighted by Gasteiger charge is 2.37. The van der Waals surface area contributed by atoms with Crippen molar-refractivity contribution in [1.29, 1.82) is 0 Å². The fraction of sp³-hybridized carbons (Fsp3) is 0.480. The van der Waals surface area contributed by atoms with E-state index in [2.05, 4.69) is 16.4 Å². The van der Waals surface area contributed by atoms with Gasteiger partial charge in [0.05, 0.1) is 5.69 Å². The van der Waals surface area contributed by atoms with Gasteiger partial charge in [-0.15, -0.1) is 0 Å². The molecule has 2 aliphatic rings. The van der Waals surface area contributed by atoms with Crippen LogP contribution in [0.4, 0.5) is 0 Å². The van der Waals surface area contributed by atoms with Gasteiger partial charge in [0.1, 0.15) is 0 Å². The minimum atomic E-state index is 0.0123. The van der Waals surface area contributed by atoms with Crippen LogP contribution in [0.25, 0.3) is 5.65 Å². The van der Waals surface area contributed by atoms with Crippen LogP contribution in [0, 0.1) is 19.8 Å². The summed E-state index contributed by atoms with van der Waals surface area (Å²) in [6, 6.07) is 5.85. The topological polar surface area (TPSA) is 92.5 Å². The molecule has 1 N–H and O–H groups in total. The van der Waals surface area contributed by atoms with E-state index in [0.717, 1.165) is 66.2 Å². The summed E-state index contributed by atoms with van der Waals surface area (Å²) in [7, 11) is 0. The first-order chi connectivity index (χ1) is 16.0. The normalized spacial score (nSPS) is 18.1. The third kappa shape index (κ3) is 4.60. The SMILES string of the molecule is Cc1nc2cc([C@H]3CCN(C(=O)C4CC4)C3)nn2c(C)c1CCC(=O)NCc1ccncc1. The number of fused-ring (bicyclic) bond motifs is 1. The van der Waals surface area contributed by atoms with Gasteiger partial charge >= 0.3 is 0 Å². The van der Waals surface area contributed by atoms with Crippen molar-refractivity contribution < 1.29 is 9.59 Å². The molecule has 0 unspecified atom stereocenters. The van der Waals surface area contributed by atoms with Crippen molar-refractivity contribution in [2.45, 2.75) is 58.4 Å². The lowest BCUT2D eigenvalue weighted by molar-refractivity contribution is -0.131. The van der Waals surface area contributed by atoms with Crippen LogP contribution in [-0.2, 0) is 22.6 Å². The van der Waals surface area contributed by atoms with Crippen molar-refractivity contribution >= 4 is 17.5 Å². The average molecular weight is 447 g/mol. The second-order valence-electron chi connectivity index (χ2n) is 9.28. The Kier molecular flexibility index (Phi) is 5.83. The molecule has 1 saturated carbocycles. The Morgan fingerprint density at radius 2 is 1.94 bits per heavy atom. The number of aryl methyl sites for hydroxylation is 2. The maximum absolute atomic E-state index is 12.4. The van der Waals surface area contributed by atoms with E-state index in [4.69, 9.17) is 10.1 Å². The Bertz CT molecular complexity index is 1180. The molecule has 2 fully saturated rings. The van der Waals surface area contributed by atoms with E-state index < -0.39 is 0 Å². The van der Waals surface area contributed by atoms with Crippen LogP contribution in [0.15, 0.2) is 30.6 Å². The molecular formula is C25H30N6O2. The fourth-order valence-corrected chi connectivity index (χ4v) is 4.72. The van der Waals surface area contributed by atoms with Gasteiger partial charge in [-0.3, -0.25) is 14.6 Å². The van der Waals surface area contributed by atoms with E-state index in [1.165, 1.54) is 0 Å². The van der Waals surface area contributed by atoms with E-state index in [-0.39, 0.29) is 17.7 Å². The fourth-order valence-electron chi connectivity index (χ4n) is 4.72. The van der Waals surface area contributed by atoms with Crippen molar-refractivity contribution in [3.63, 3.8) is 0 Å². The van der Waals surface area contributed by atoms with Gasteiger partial charge in [0, 0.05) is 67.7 Å². The monoisotopic (exact) mass is 446 g/mol. The quantitative estimate of drug-likeness (QED) is 0.602. The number of nitrogens with zero attached hydrogens (tertiary/aromatic N) is 5. The van der Waals surface area contributed by atoms with E-state index in [1.807, 2.05) is 35.4 Å². The Morgan fingerprint density at radius 3 is 2.70 bits per heavy atom. The van der Waals surface area contributed by atoms with Crippen molar-refractivity contribution in [1.82, 2.24) is 29.8 Å². The Morgan fingerprint density at radius 1 is 1.15 bits per heavy atom. The van der Waals surface area contributed by atoms with E-state index in [0.29, 0.717) is 25.3 Å². The Balaban J connectivity index is 1.25. The van der Waals surface area contributed by atoms with Crippen molar-refractivity contribution in [2.24, 2.45) is 5.92 Å². The number of aromatic nitrogens is 4. The summed E-state index contributed by atoms with van der Waals surface area (Å²) in [6.07, 6.45) is 7.50. The number of carbonyl (C=O) groups is 2. The van der Waals surface area contributed by atoms with Crippen molar-refractivity contribution in [3.05, 3.63) is 58.8 Å². The summed E-state index contributed by atoms with van der Waals surface area (Å²) in [6.45, 7) is 6.11. The lowest BCUT2D eigenvalue weighted by Gasteiger charge is -2.15. The van der Waals surface area contributed by atoms with E-state index in [9.17, 15) is 9.59 Å². The molecule has 2 amide bonds. The molecule has 0 radical (unpaired) electrons. The van der Waals surface area contributed by atoms with E-state index >= 15 is 0 Å². The third-order valence-electron chi connectivity index (χ3n) is 6.87. The minimum absolute atomic E-state index is 0.0123. The molecule has 0 spiro atoms. The highest BCUT2D eigenvalue weighted by molar-refractivity contribution is 5.81. The lowest BCUT2D eigenvalue weighted by atomic mass is 10.1. The molecule has 1 saturated heterocycles. The van der Waals surface area contributed by atoms with Gasteiger partial charge in [-0.1, -0.05) is 0 Å². The summed E-state index contributed by atoms with van der Waals surface area (Å²) in [5.74, 6) is 0.853. The average Bonchev–Trinajstić information content (AvgIpc) is 3.39. The molecule has 1 aliphatic heterocycles. The van der Waals surface area contributed by atoms with Gasteiger partial charge in [-0.05, 0) is 62.8 Å².